The quantitative estimate of drug-likeness (QED) is 0.771. The molecule has 1 aromatic carbocycles. The lowest BCUT2D eigenvalue weighted by Crippen LogP contribution is -2.27. The third-order valence-electron chi connectivity index (χ3n) is 2.38. The summed E-state index contributed by atoms with van der Waals surface area (Å²) in [5, 5.41) is 5.10. The molecule has 0 bridgehead atoms. The van der Waals surface area contributed by atoms with E-state index in [1.165, 1.54) is 4.68 Å². The van der Waals surface area contributed by atoms with Gasteiger partial charge >= 0.3 is 6.09 Å². The van der Waals surface area contributed by atoms with Crippen LogP contribution in [0.2, 0.25) is 0 Å². The molecule has 0 aliphatic carbocycles. The van der Waals surface area contributed by atoms with Crippen LogP contribution in [0.15, 0.2) is 30.8 Å². The fourth-order valence-corrected chi connectivity index (χ4v) is 1.69. The number of hydrogen-bond acceptors (Lipinski definition) is 3. The van der Waals surface area contributed by atoms with Crippen LogP contribution >= 0.6 is 0 Å². The minimum absolute atomic E-state index is 0.480. The Labute approximate surface area is 106 Å². The Kier molecular flexibility index (Phi) is 2.95. The van der Waals surface area contributed by atoms with E-state index in [4.69, 9.17) is 4.74 Å². The number of carbonyl (C=O) groups is 1. The monoisotopic (exact) mass is 244 g/mol. The van der Waals surface area contributed by atoms with Crippen molar-refractivity contribution >= 4 is 23.1 Å². The molecule has 1 heterocycles. The molecule has 0 atom stereocenters. The van der Waals surface area contributed by atoms with Crippen LogP contribution in [-0.4, -0.2) is 21.5 Å². The molecule has 18 heavy (non-hydrogen) atoms. The van der Waals surface area contributed by atoms with E-state index in [1.54, 1.807) is 6.08 Å². The molecule has 0 unspecified atom stereocenters. The molecule has 4 heteroatoms. The van der Waals surface area contributed by atoms with Gasteiger partial charge in [0.05, 0.1) is 11.2 Å². The van der Waals surface area contributed by atoms with Gasteiger partial charge in [0.25, 0.3) is 0 Å². The summed E-state index contributed by atoms with van der Waals surface area (Å²) in [6, 6.07) is 7.49. The first-order valence-corrected chi connectivity index (χ1v) is 5.76. The summed E-state index contributed by atoms with van der Waals surface area (Å²) in [6.45, 7) is 9.17. The third-order valence-corrected chi connectivity index (χ3v) is 2.38. The van der Waals surface area contributed by atoms with Gasteiger partial charge in [-0.15, -0.1) is 0 Å². The van der Waals surface area contributed by atoms with Gasteiger partial charge in [-0.1, -0.05) is 24.8 Å². The third kappa shape index (κ3) is 2.27. The van der Waals surface area contributed by atoms with E-state index in [-0.39, 0.29) is 0 Å². The van der Waals surface area contributed by atoms with Crippen LogP contribution in [0.25, 0.3) is 17.0 Å². The topological polar surface area (TPSA) is 44.1 Å². The van der Waals surface area contributed by atoms with Crippen molar-refractivity contribution < 1.29 is 9.53 Å². The maximum absolute atomic E-state index is 12.0. The average Bonchev–Trinajstić information content (AvgIpc) is 2.65. The number of fused-ring (bicyclic) bond motifs is 1. The van der Waals surface area contributed by atoms with Crippen LogP contribution in [0.1, 0.15) is 26.5 Å². The van der Waals surface area contributed by atoms with Gasteiger partial charge in [0, 0.05) is 5.39 Å². The van der Waals surface area contributed by atoms with Crippen molar-refractivity contribution in [2.75, 3.05) is 0 Å². The van der Waals surface area contributed by atoms with Crippen molar-refractivity contribution in [3.63, 3.8) is 0 Å². The van der Waals surface area contributed by atoms with E-state index in [2.05, 4.69) is 11.7 Å². The van der Waals surface area contributed by atoms with Gasteiger partial charge in [-0.25, -0.2) is 4.79 Å². The van der Waals surface area contributed by atoms with E-state index < -0.39 is 11.7 Å². The SMILES string of the molecule is C=Cc1nn(C(=O)OC(C)(C)C)c2ccccc12. The molecule has 0 radical (unpaired) electrons. The first-order chi connectivity index (χ1) is 8.42. The average molecular weight is 244 g/mol. The number of carbonyl (C=O) groups excluding carboxylic acids is 1. The lowest BCUT2D eigenvalue weighted by Gasteiger charge is -2.19. The van der Waals surface area contributed by atoms with Crippen LogP contribution in [0.5, 0.6) is 0 Å². The summed E-state index contributed by atoms with van der Waals surface area (Å²) in [7, 11) is 0. The van der Waals surface area contributed by atoms with E-state index in [9.17, 15) is 4.79 Å². The molecule has 0 spiro atoms. The largest absolute Gasteiger partial charge is 0.442 e. The fourth-order valence-electron chi connectivity index (χ4n) is 1.69. The van der Waals surface area contributed by atoms with Crippen molar-refractivity contribution in [3.8, 4) is 0 Å². The molecule has 0 fully saturated rings. The first-order valence-electron chi connectivity index (χ1n) is 5.76. The van der Waals surface area contributed by atoms with Gasteiger partial charge < -0.3 is 4.74 Å². The number of nitrogens with zero attached hydrogens (tertiary/aromatic N) is 2. The van der Waals surface area contributed by atoms with Gasteiger partial charge in [-0.05, 0) is 32.9 Å². The summed E-state index contributed by atoms with van der Waals surface area (Å²) < 4.78 is 6.59. The zero-order valence-corrected chi connectivity index (χ0v) is 10.8. The molecule has 1 aromatic heterocycles. The molecule has 4 nitrogen and oxygen atoms in total. The predicted molar refractivity (Wildman–Crippen MR) is 71.5 cm³/mol. The zero-order chi connectivity index (χ0) is 13.3. The van der Waals surface area contributed by atoms with Crippen LogP contribution < -0.4 is 0 Å². The molecule has 0 aliphatic heterocycles. The molecule has 0 aliphatic rings. The summed E-state index contributed by atoms with van der Waals surface area (Å²) in [5.74, 6) is 0. The van der Waals surface area contributed by atoms with E-state index in [0.717, 1.165) is 10.9 Å². The van der Waals surface area contributed by atoms with Crippen LogP contribution in [0, 0.1) is 0 Å². The van der Waals surface area contributed by atoms with Crippen LogP contribution in [-0.2, 0) is 4.74 Å². The zero-order valence-electron chi connectivity index (χ0n) is 10.8. The Morgan fingerprint density at radius 3 is 2.67 bits per heavy atom. The minimum atomic E-state index is -0.543. The summed E-state index contributed by atoms with van der Waals surface area (Å²) >= 11 is 0. The molecule has 0 saturated carbocycles. The normalized spacial score (nSPS) is 11.5. The highest BCUT2D eigenvalue weighted by Gasteiger charge is 2.21. The second-order valence-corrected chi connectivity index (χ2v) is 5.00. The Bertz CT molecular complexity index is 606. The van der Waals surface area contributed by atoms with Crippen LogP contribution in [0.4, 0.5) is 4.79 Å². The Morgan fingerprint density at radius 2 is 2.06 bits per heavy atom. The first kappa shape index (κ1) is 12.4. The Balaban J connectivity index is 2.51. The molecule has 94 valence electrons. The summed E-state index contributed by atoms with van der Waals surface area (Å²) in [5.41, 5.74) is 0.858. The van der Waals surface area contributed by atoms with E-state index in [1.807, 2.05) is 45.0 Å². The molecule has 0 N–H and O–H groups in total. The maximum Gasteiger partial charge on any atom is 0.435 e. The Morgan fingerprint density at radius 1 is 1.39 bits per heavy atom. The standard InChI is InChI=1S/C14H16N2O2/c1-5-11-10-8-6-7-9-12(10)16(15-11)13(17)18-14(2,3)4/h5-9H,1H2,2-4H3. The van der Waals surface area contributed by atoms with Gasteiger partial charge in [-0.3, -0.25) is 0 Å². The second kappa shape index (κ2) is 4.29. The Hall–Kier alpha value is -2.10. The summed E-state index contributed by atoms with van der Waals surface area (Å²) in [6.07, 6.45) is 1.15. The van der Waals surface area contributed by atoms with Gasteiger partial charge in [0.15, 0.2) is 0 Å². The van der Waals surface area contributed by atoms with Crippen molar-refractivity contribution in [3.05, 3.63) is 36.5 Å². The number of aromatic nitrogens is 2. The number of para-hydroxylation sites is 1. The molecular weight excluding hydrogens is 228 g/mol. The smallest absolute Gasteiger partial charge is 0.435 e. The van der Waals surface area contributed by atoms with Gasteiger partial charge in [0.1, 0.15) is 5.60 Å². The highest BCUT2D eigenvalue weighted by Crippen LogP contribution is 2.20. The van der Waals surface area contributed by atoms with Crippen molar-refractivity contribution in [2.24, 2.45) is 0 Å². The van der Waals surface area contributed by atoms with Crippen molar-refractivity contribution in [2.45, 2.75) is 26.4 Å². The fraction of sp³-hybridized carbons (Fsp3) is 0.286. The molecule has 2 aromatic rings. The second-order valence-electron chi connectivity index (χ2n) is 5.00. The number of benzene rings is 1. The lowest BCUT2D eigenvalue weighted by molar-refractivity contribution is 0.0522. The van der Waals surface area contributed by atoms with Gasteiger partial charge in [0.2, 0.25) is 0 Å². The highest BCUT2D eigenvalue weighted by molar-refractivity contribution is 5.92. The maximum atomic E-state index is 12.0. The molecular formula is C14H16N2O2. The van der Waals surface area contributed by atoms with Crippen molar-refractivity contribution in [1.82, 2.24) is 9.78 Å². The van der Waals surface area contributed by atoms with E-state index in [0.29, 0.717) is 5.69 Å². The molecule has 0 amide bonds. The lowest BCUT2D eigenvalue weighted by atomic mass is 10.2. The highest BCUT2D eigenvalue weighted by atomic mass is 16.6. The molecule has 0 saturated heterocycles. The van der Waals surface area contributed by atoms with Gasteiger partial charge in [-0.2, -0.15) is 9.78 Å². The van der Waals surface area contributed by atoms with Crippen molar-refractivity contribution in [1.29, 1.82) is 0 Å². The number of hydrogen-bond donors (Lipinski definition) is 0. The predicted octanol–water partition coefficient (Wildman–Crippen LogP) is 3.46. The van der Waals surface area contributed by atoms with E-state index >= 15 is 0 Å². The minimum Gasteiger partial charge on any atom is -0.442 e. The number of rotatable bonds is 1. The summed E-state index contributed by atoms with van der Waals surface area (Å²) in [4.78, 5) is 12.0. The van der Waals surface area contributed by atoms with Crippen LogP contribution in [0.3, 0.4) is 0 Å². The molecule has 2 rings (SSSR count). The number of ether oxygens (including phenoxy) is 1.